The van der Waals surface area contributed by atoms with E-state index in [0.29, 0.717) is 17.5 Å². The number of amides is 1. The first-order chi connectivity index (χ1) is 10.7. The average Bonchev–Trinajstić information content (AvgIpc) is 2.49. The summed E-state index contributed by atoms with van der Waals surface area (Å²) in [5.41, 5.74) is 0.960. The van der Waals surface area contributed by atoms with E-state index in [0.717, 1.165) is 51.1 Å². The molecule has 0 aliphatic carbocycles. The average molecular weight is 325 g/mol. The summed E-state index contributed by atoms with van der Waals surface area (Å²) < 4.78 is 5.08. The van der Waals surface area contributed by atoms with Crippen molar-refractivity contribution in [3.8, 4) is 0 Å². The van der Waals surface area contributed by atoms with Crippen molar-refractivity contribution in [2.75, 3.05) is 33.4 Å². The van der Waals surface area contributed by atoms with Gasteiger partial charge in [0.05, 0.1) is 6.42 Å². The summed E-state index contributed by atoms with van der Waals surface area (Å²) in [5, 5.41) is 3.82. The largest absolute Gasteiger partial charge is 0.385 e. The van der Waals surface area contributed by atoms with Gasteiger partial charge in [0.1, 0.15) is 0 Å². The van der Waals surface area contributed by atoms with Crippen LogP contribution < -0.4 is 5.32 Å². The van der Waals surface area contributed by atoms with Crippen LogP contribution in [0.5, 0.6) is 0 Å². The molecule has 122 valence electrons. The van der Waals surface area contributed by atoms with Crippen molar-refractivity contribution in [3.63, 3.8) is 0 Å². The van der Waals surface area contributed by atoms with Crippen LogP contribution >= 0.6 is 11.6 Å². The molecular formula is C17H25ClN2O2. The van der Waals surface area contributed by atoms with Crippen LogP contribution in [-0.2, 0) is 16.0 Å². The van der Waals surface area contributed by atoms with Crippen LogP contribution in [0.25, 0.3) is 0 Å². The van der Waals surface area contributed by atoms with Crippen molar-refractivity contribution >= 4 is 17.5 Å². The van der Waals surface area contributed by atoms with E-state index in [4.69, 9.17) is 16.3 Å². The van der Waals surface area contributed by atoms with Gasteiger partial charge < -0.3 is 15.0 Å². The Morgan fingerprint density at radius 2 is 2.18 bits per heavy atom. The quantitative estimate of drug-likeness (QED) is 0.784. The molecule has 0 saturated carbocycles. The number of ether oxygens (including phenoxy) is 1. The molecule has 1 aromatic carbocycles. The summed E-state index contributed by atoms with van der Waals surface area (Å²) in [5.74, 6) is 0.0834. The van der Waals surface area contributed by atoms with Crippen molar-refractivity contribution in [1.29, 1.82) is 0 Å². The van der Waals surface area contributed by atoms with Gasteiger partial charge >= 0.3 is 0 Å². The molecule has 1 heterocycles. The predicted molar refractivity (Wildman–Crippen MR) is 89.3 cm³/mol. The fourth-order valence-electron chi connectivity index (χ4n) is 2.84. The van der Waals surface area contributed by atoms with Gasteiger partial charge in [-0.2, -0.15) is 0 Å². The van der Waals surface area contributed by atoms with Gasteiger partial charge in [-0.25, -0.2) is 0 Å². The summed E-state index contributed by atoms with van der Waals surface area (Å²) in [6.45, 7) is 3.99. The number of piperidine rings is 1. The van der Waals surface area contributed by atoms with Crippen molar-refractivity contribution in [3.05, 3.63) is 34.9 Å². The highest BCUT2D eigenvalue weighted by molar-refractivity contribution is 6.30. The maximum Gasteiger partial charge on any atom is 0.224 e. The lowest BCUT2D eigenvalue weighted by Crippen LogP contribution is -2.45. The standard InChI is InChI=1S/C17H25ClN2O2/c1-22-11-3-8-20-9-6-16(7-10-20)19-17(21)13-14-4-2-5-15(18)12-14/h2,4-5,12,16H,3,6-11,13H2,1H3,(H,19,21). The zero-order chi connectivity index (χ0) is 15.8. The molecule has 0 unspecified atom stereocenters. The Hall–Kier alpha value is -1.10. The number of rotatable bonds is 7. The normalized spacial score (nSPS) is 16.6. The third-order valence-corrected chi connectivity index (χ3v) is 4.26. The first kappa shape index (κ1) is 17.3. The Morgan fingerprint density at radius 3 is 2.86 bits per heavy atom. The van der Waals surface area contributed by atoms with Crippen LogP contribution in [0.3, 0.4) is 0 Å². The molecule has 22 heavy (non-hydrogen) atoms. The number of nitrogens with one attached hydrogen (secondary N) is 1. The van der Waals surface area contributed by atoms with E-state index >= 15 is 0 Å². The summed E-state index contributed by atoms with van der Waals surface area (Å²) in [4.78, 5) is 14.5. The number of nitrogens with zero attached hydrogens (tertiary/aromatic N) is 1. The third-order valence-electron chi connectivity index (χ3n) is 4.03. The van der Waals surface area contributed by atoms with Gasteiger partial charge in [-0.1, -0.05) is 23.7 Å². The van der Waals surface area contributed by atoms with Crippen LogP contribution in [0.15, 0.2) is 24.3 Å². The smallest absolute Gasteiger partial charge is 0.224 e. The van der Waals surface area contributed by atoms with E-state index in [2.05, 4.69) is 10.2 Å². The number of carbonyl (C=O) groups excluding carboxylic acids is 1. The second-order valence-electron chi connectivity index (χ2n) is 5.84. The van der Waals surface area contributed by atoms with Crippen molar-refractivity contribution in [2.45, 2.75) is 31.7 Å². The van der Waals surface area contributed by atoms with Gasteiger partial charge in [-0.05, 0) is 37.0 Å². The zero-order valence-electron chi connectivity index (χ0n) is 13.2. The summed E-state index contributed by atoms with van der Waals surface area (Å²) in [6.07, 6.45) is 3.51. The van der Waals surface area contributed by atoms with Gasteiger partial charge in [0, 0.05) is 44.4 Å². The van der Waals surface area contributed by atoms with Crippen molar-refractivity contribution in [1.82, 2.24) is 10.2 Å². The topological polar surface area (TPSA) is 41.6 Å². The minimum atomic E-state index is 0.0834. The maximum absolute atomic E-state index is 12.1. The fraction of sp³-hybridized carbons (Fsp3) is 0.588. The van der Waals surface area contributed by atoms with Crippen LogP contribution in [0.1, 0.15) is 24.8 Å². The molecule has 1 fully saturated rings. The first-order valence-electron chi connectivity index (χ1n) is 7.92. The minimum absolute atomic E-state index is 0.0834. The van der Waals surface area contributed by atoms with E-state index in [9.17, 15) is 4.79 Å². The summed E-state index contributed by atoms with van der Waals surface area (Å²) in [6, 6.07) is 7.78. The Balaban J connectivity index is 1.68. The molecule has 0 atom stereocenters. The van der Waals surface area contributed by atoms with Crippen LogP contribution in [0.2, 0.25) is 5.02 Å². The number of likely N-dealkylation sites (tertiary alicyclic amines) is 1. The van der Waals surface area contributed by atoms with Crippen molar-refractivity contribution in [2.24, 2.45) is 0 Å². The Morgan fingerprint density at radius 1 is 1.41 bits per heavy atom. The minimum Gasteiger partial charge on any atom is -0.385 e. The lowest BCUT2D eigenvalue weighted by Gasteiger charge is -2.32. The lowest BCUT2D eigenvalue weighted by molar-refractivity contribution is -0.121. The molecule has 4 nitrogen and oxygen atoms in total. The second kappa shape index (κ2) is 9.13. The molecule has 1 amide bonds. The van der Waals surface area contributed by atoms with Crippen molar-refractivity contribution < 1.29 is 9.53 Å². The zero-order valence-corrected chi connectivity index (χ0v) is 13.9. The molecule has 1 N–H and O–H groups in total. The Bertz CT molecular complexity index is 473. The molecule has 1 aliphatic rings. The molecule has 0 bridgehead atoms. The van der Waals surface area contributed by atoms with Crippen LogP contribution in [0.4, 0.5) is 0 Å². The third kappa shape index (κ3) is 5.95. The molecule has 1 aliphatic heterocycles. The van der Waals surface area contributed by atoms with Gasteiger partial charge in [0.15, 0.2) is 0 Å². The number of halogens is 1. The highest BCUT2D eigenvalue weighted by Gasteiger charge is 2.20. The number of carbonyl (C=O) groups is 1. The van der Waals surface area contributed by atoms with Crippen LogP contribution in [0, 0.1) is 0 Å². The SMILES string of the molecule is COCCCN1CCC(NC(=O)Cc2cccc(Cl)c2)CC1. The van der Waals surface area contributed by atoms with E-state index in [1.165, 1.54) is 0 Å². The highest BCUT2D eigenvalue weighted by atomic mass is 35.5. The van der Waals surface area contributed by atoms with E-state index < -0.39 is 0 Å². The molecule has 0 spiro atoms. The molecule has 1 aromatic rings. The first-order valence-corrected chi connectivity index (χ1v) is 8.30. The number of methoxy groups -OCH3 is 1. The highest BCUT2D eigenvalue weighted by Crippen LogP contribution is 2.13. The van der Waals surface area contributed by atoms with E-state index in [-0.39, 0.29) is 5.91 Å². The molecular weight excluding hydrogens is 300 g/mol. The van der Waals surface area contributed by atoms with Gasteiger partial charge in [0.2, 0.25) is 5.91 Å². The fourth-order valence-corrected chi connectivity index (χ4v) is 3.06. The van der Waals surface area contributed by atoms with E-state index in [1.807, 2.05) is 24.3 Å². The van der Waals surface area contributed by atoms with E-state index in [1.54, 1.807) is 7.11 Å². The van der Waals surface area contributed by atoms with Gasteiger partial charge in [-0.15, -0.1) is 0 Å². The second-order valence-corrected chi connectivity index (χ2v) is 6.27. The van der Waals surface area contributed by atoms with Crippen LogP contribution in [-0.4, -0.2) is 50.2 Å². The summed E-state index contributed by atoms with van der Waals surface area (Å²) in [7, 11) is 1.74. The Labute approximate surface area is 137 Å². The number of benzene rings is 1. The molecule has 5 heteroatoms. The summed E-state index contributed by atoms with van der Waals surface area (Å²) >= 11 is 5.94. The molecule has 0 aromatic heterocycles. The number of hydrogen-bond acceptors (Lipinski definition) is 3. The van der Waals surface area contributed by atoms with Gasteiger partial charge in [0.25, 0.3) is 0 Å². The number of hydrogen-bond donors (Lipinski definition) is 1. The molecule has 1 saturated heterocycles. The van der Waals surface area contributed by atoms with Gasteiger partial charge in [-0.3, -0.25) is 4.79 Å². The lowest BCUT2D eigenvalue weighted by atomic mass is 10.0. The molecule has 0 radical (unpaired) electrons. The monoisotopic (exact) mass is 324 g/mol. The molecule has 2 rings (SSSR count). The predicted octanol–water partition coefficient (Wildman–Crippen LogP) is 2.50. The Kier molecular flexibility index (Phi) is 7.16. The maximum atomic E-state index is 12.1.